The van der Waals surface area contributed by atoms with Crippen molar-refractivity contribution < 1.29 is 49.3 Å². The van der Waals surface area contributed by atoms with E-state index in [4.69, 9.17) is 18.9 Å². The molecule has 0 aromatic heterocycles. The summed E-state index contributed by atoms with van der Waals surface area (Å²) >= 11 is 0. The molecule has 10 heteroatoms. The highest BCUT2D eigenvalue weighted by atomic mass is 16.7. The maximum atomic E-state index is 12.8. The highest BCUT2D eigenvalue weighted by Crippen LogP contribution is 2.42. The quantitative estimate of drug-likeness (QED) is 0.431. The SMILES string of the molecule is COc1cc2c(cc1OC1OC(CO)C(O)C(O)C1O)C(=O)CC(c1ccc(O)cc1)O2. The van der Waals surface area contributed by atoms with Crippen molar-refractivity contribution in [3.8, 4) is 23.0 Å². The summed E-state index contributed by atoms with van der Waals surface area (Å²) in [6, 6.07) is 9.23. The van der Waals surface area contributed by atoms with Gasteiger partial charge in [0.25, 0.3) is 0 Å². The Labute approximate surface area is 183 Å². The molecule has 6 atom stereocenters. The van der Waals surface area contributed by atoms with E-state index >= 15 is 0 Å². The Kier molecular flexibility index (Phi) is 6.22. The molecule has 2 aliphatic heterocycles. The summed E-state index contributed by atoms with van der Waals surface area (Å²) in [5.41, 5.74) is 0.961. The third-order valence-corrected chi connectivity index (χ3v) is 5.56. The predicted octanol–water partition coefficient (Wildman–Crippen LogP) is 0.286. The molecule has 2 aliphatic rings. The Hall–Kier alpha value is -2.89. The van der Waals surface area contributed by atoms with Gasteiger partial charge in [0.05, 0.1) is 25.7 Å². The minimum Gasteiger partial charge on any atom is -0.508 e. The van der Waals surface area contributed by atoms with E-state index in [1.807, 2.05) is 0 Å². The van der Waals surface area contributed by atoms with Gasteiger partial charge in [-0.3, -0.25) is 4.79 Å². The molecule has 32 heavy (non-hydrogen) atoms. The van der Waals surface area contributed by atoms with Gasteiger partial charge in [0.2, 0.25) is 6.29 Å². The average Bonchev–Trinajstić information content (AvgIpc) is 2.79. The van der Waals surface area contributed by atoms with Crippen LogP contribution in [-0.2, 0) is 4.74 Å². The van der Waals surface area contributed by atoms with Crippen molar-refractivity contribution in [2.75, 3.05) is 13.7 Å². The van der Waals surface area contributed by atoms with E-state index in [0.717, 1.165) is 5.56 Å². The summed E-state index contributed by atoms with van der Waals surface area (Å²) in [7, 11) is 1.38. The molecule has 0 saturated carbocycles. The number of carbonyl (C=O) groups excluding carboxylic acids is 1. The summed E-state index contributed by atoms with van der Waals surface area (Å²) in [5, 5.41) is 48.9. The molecule has 172 valence electrons. The van der Waals surface area contributed by atoms with Crippen molar-refractivity contribution in [2.24, 2.45) is 0 Å². The minimum absolute atomic E-state index is 0.0515. The molecule has 2 heterocycles. The fraction of sp³-hybridized carbons (Fsp3) is 0.409. The Morgan fingerprint density at radius 1 is 1.03 bits per heavy atom. The first-order chi connectivity index (χ1) is 15.3. The van der Waals surface area contributed by atoms with E-state index in [9.17, 15) is 30.3 Å². The van der Waals surface area contributed by atoms with Gasteiger partial charge in [-0.05, 0) is 23.8 Å². The number of rotatable bonds is 5. The van der Waals surface area contributed by atoms with Gasteiger partial charge in [-0.15, -0.1) is 0 Å². The molecule has 5 N–H and O–H groups in total. The lowest BCUT2D eigenvalue weighted by Gasteiger charge is -2.39. The van der Waals surface area contributed by atoms with E-state index in [2.05, 4.69) is 0 Å². The Morgan fingerprint density at radius 2 is 1.75 bits per heavy atom. The van der Waals surface area contributed by atoms with Crippen LogP contribution in [0, 0.1) is 0 Å². The van der Waals surface area contributed by atoms with Crippen molar-refractivity contribution in [1.82, 2.24) is 0 Å². The number of ether oxygens (including phenoxy) is 4. The fourth-order valence-electron chi connectivity index (χ4n) is 3.75. The number of ketones is 1. The topological polar surface area (TPSA) is 155 Å². The number of fused-ring (bicyclic) bond motifs is 1. The van der Waals surface area contributed by atoms with Crippen LogP contribution in [0.4, 0.5) is 0 Å². The Balaban J connectivity index is 1.60. The number of methoxy groups -OCH3 is 1. The number of aliphatic hydroxyl groups is 4. The largest absolute Gasteiger partial charge is 0.508 e. The second-order valence-corrected chi connectivity index (χ2v) is 7.64. The maximum absolute atomic E-state index is 12.8. The summed E-state index contributed by atoms with van der Waals surface area (Å²) in [5.74, 6) is 0.395. The van der Waals surface area contributed by atoms with E-state index in [1.54, 1.807) is 12.1 Å². The van der Waals surface area contributed by atoms with Crippen LogP contribution in [0.2, 0.25) is 0 Å². The number of benzene rings is 2. The lowest BCUT2D eigenvalue weighted by molar-refractivity contribution is -0.277. The first kappa shape index (κ1) is 22.3. The smallest absolute Gasteiger partial charge is 0.229 e. The van der Waals surface area contributed by atoms with Gasteiger partial charge in [-0.25, -0.2) is 0 Å². The van der Waals surface area contributed by atoms with Gasteiger partial charge in [-0.2, -0.15) is 0 Å². The number of Topliss-reactive ketones (excluding diaryl/α,β-unsaturated/α-hetero) is 1. The number of carbonyl (C=O) groups is 1. The van der Waals surface area contributed by atoms with Crippen LogP contribution in [0.3, 0.4) is 0 Å². The lowest BCUT2D eigenvalue weighted by Crippen LogP contribution is -2.60. The second kappa shape index (κ2) is 8.93. The molecule has 6 unspecified atom stereocenters. The van der Waals surface area contributed by atoms with E-state index in [-0.39, 0.29) is 40.8 Å². The molecule has 0 radical (unpaired) electrons. The molecule has 1 saturated heterocycles. The number of aromatic hydroxyl groups is 1. The molecular formula is C22H24O10. The van der Waals surface area contributed by atoms with Crippen LogP contribution < -0.4 is 14.2 Å². The van der Waals surface area contributed by atoms with Crippen molar-refractivity contribution in [3.05, 3.63) is 47.5 Å². The average molecular weight is 448 g/mol. The molecule has 0 aliphatic carbocycles. The highest BCUT2D eigenvalue weighted by molar-refractivity contribution is 6.00. The van der Waals surface area contributed by atoms with Crippen molar-refractivity contribution in [1.29, 1.82) is 0 Å². The summed E-state index contributed by atoms with van der Waals surface area (Å²) in [4.78, 5) is 12.8. The lowest BCUT2D eigenvalue weighted by atomic mass is 9.95. The van der Waals surface area contributed by atoms with Gasteiger partial charge < -0.3 is 44.5 Å². The molecule has 2 aromatic carbocycles. The third-order valence-electron chi connectivity index (χ3n) is 5.56. The van der Waals surface area contributed by atoms with Crippen molar-refractivity contribution in [2.45, 2.75) is 43.2 Å². The van der Waals surface area contributed by atoms with Crippen LogP contribution in [0.25, 0.3) is 0 Å². The fourth-order valence-corrected chi connectivity index (χ4v) is 3.75. The Morgan fingerprint density at radius 3 is 2.41 bits per heavy atom. The standard InChI is InChI=1S/C22H24O10/c1-29-16-8-15-12(13(25)7-14(30-15)10-2-4-11(24)5-3-10)6-17(16)31-22-21(28)20(27)19(26)18(9-23)32-22/h2-6,8,14,18-24,26-28H,7,9H2,1H3. The summed E-state index contributed by atoms with van der Waals surface area (Å²) in [6.07, 6.45) is -7.79. The zero-order chi connectivity index (χ0) is 23.0. The molecular weight excluding hydrogens is 424 g/mol. The van der Waals surface area contributed by atoms with Gasteiger partial charge in [0.15, 0.2) is 17.3 Å². The molecule has 0 bridgehead atoms. The normalized spacial score (nSPS) is 29.7. The van der Waals surface area contributed by atoms with E-state index in [0.29, 0.717) is 0 Å². The van der Waals surface area contributed by atoms with Crippen LogP contribution in [-0.4, -0.2) is 75.7 Å². The molecule has 0 spiro atoms. The Bertz CT molecular complexity index is 973. The number of hydrogen-bond acceptors (Lipinski definition) is 10. The molecule has 1 fully saturated rings. The van der Waals surface area contributed by atoms with E-state index < -0.39 is 43.4 Å². The second-order valence-electron chi connectivity index (χ2n) is 7.64. The molecule has 4 rings (SSSR count). The highest BCUT2D eigenvalue weighted by Gasteiger charge is 2.45. The van der Waals surface area contributed by atoms with Crippen molar-refractivity contribution in [3.63, 3.8) is 0 Å². The summed E-state index contributed by atoms with van der Waals surface area (Å²) in [6.45, 7) is -0.600. The van der Waals surface area contributed by atoms with Gasteiger partial charge in [-0.1, -0.05) is 12.1 Å². The number of aliphatic hydroxyl groups excluding tert-OH is 4. The number of phenols is 1. The third kappa shape index (κ3) is 4.10. The van der Waals surface area contributed by atoms with Gasteiger partial charge in [0, 0.05) is 6.07 Å². The first-order valence-electron chi connectivity index (χ1n) is 10.0. The predicted molar refractivity (Wildman–Crippen MR) is 108 cm³/mol. The van der Waals surface area contributed by atoms with Crippen LogP contribution in [0.5, 0.6) is 23.0 Å². The van der Waals surface area contributed by atoms with Crippen LogP contribution in [0.1, 0.15) is 28.4 Å². The summed E-state index contributed by atoms with van der Waals surface area (Å²) < 4.78 is 22.3. The van der Waals surface area contributed by atoms with E-state index in [1.165, 1.54) is 31.4 Å². The first-order valence-corrected chi connectivity index (χ1v) is 10.0. The molecule has 10 nitrogen and oxygen atoms in total. The zero-order valence-corrected chi connectivity index (χ0v) is 17.1. The van der Waals surface area contributed by atoms with Crippen molar-refractivity contribution >= 4 is 5.78 Å². The van der Waals surface area contributed by atoms with Crippen LogP contribution >= 0.6 is 0 Å². The zero-order valence-electron chi connectivity index (χ0n) is 17.1. The van der Waals surface area contributed by atoms with Crippen LogP contribution in [0.15, 0.2) is 36.4 Å². The van der Waals surface area contributed by atoms with Gasteiger partial charge in [0.1, 0.15) is 42.0 Å². The maximum Gasteiger partial charge on any atom is 0.229 e. The van der Waals surface area contributed by atoms with Gasteiger partial charge >= 0.3 is 0 Å². The minimum atomic E-state index is -1.61. The number of hydrogen-bond donors (Lipinski definition) is 5. The molecule has 0 amide bonds. The monoisotopic (exact) mass is 448 g/mol. The number of phenolic OH excluding ortho intramolecular Hbond substituents is 1. The molecule has 2 aromatic rings.